The molecule has 0 atom stereocenters. The largest absolute Gasteiger partial charge is 0.477 e. The molecule has 0 aliphatic heterocycles. The van der Waals surface area contributed by atoms with E-state index in [4.69, 9.17) is 0 Å². The van der Waals surface area contributed by atoms with E-state index in [1.54, 1.807) is 6.07 Å². The van der Waals surface area contributed by atoms with Crippen molar-refractivity contribution in [1.82, 2.24) is 3.97 Å². The molecule has 0 aliphatic rings. The van der Waals surface area contributed by atoms with E-state index >= 15 is 0 Å². The topological polar surface area (TPSA) is 76.4 Å². The molecule has 0 spiro atoms. The van der Waals surface area contributed by atoms with Gasteiger partial charge in [-0.2, -0.15) is 13.2 Å². The minimum Gasteiger partial charge on any atom is -0.477 e. The number of benzene rings is 2. The normalized spacial score (nSPS) is 12.5. The van der Waals surface area contributed by atoms with Crippen LogP contribution in [0.2, 0.25) is 0 Å². The lowest BCUT2D eigenvalue weighted by molar-refractivity contribution is -0.137. The zero-order chi connectivity index (χ0) is 19.3. The first-order valence-corrected chi connectivity index (χ1v) is 9.23. The number of aromatic carboxylic acids is 1. The van der Waals surface area contributed by atoms with E-state index in [0.29, 0.717) is 15.4 Å². The maximum absolute atomic E-state index is 13.0. The van der Waals surface area contributed by atoms with Gasteiger partial charge < -0.3 is 5.11 Å². The fourth-order valence-corrected chi connectivity index (χ4v) is 4.91. The summed E-state index contributed by atoms with van der Waals surface area (Å²) in [5.41, 5.74) is -1.70. The molecule has 0 unspecified atom stereocenters. The molecule has 26 heavy (non-hydrogen) atoms. The van der Waals surface area contributed by atoms with E-state index in [9.17, 15) is 31.5 Å². The Kier molecular flexibility index (Phi) is 4.35. The number of carboxylic acid groups (broad SMARTS) is 1. The summed E-state index contributed by atoms with van der Waals surface area (Å²) < 4.78 is 65.3. The molecule has 0 radical (unpaired) electrons. The lowest BCUT2D eigenvalue weighted by Crippen LogP contribution is -2.19. The molecule has 5 nitrogen and oxygen atoms in total. The number of nitrogens with zero attached hydrogens (tertiary/aromatic N) is 1. The zero-order valence-corrected chi connectivity index (χ0v) is 15.1. The van der Waals surface area contributed by atoms with Gasteiger partial charge in [0.25, 0.3) is 10.0 Å². The number of hydrogen-bond donors (Lipinski definition) is 1. The van der Waals surface area contributed by atoms with E-state index < -0.39 is 38.3 Å². The summed E-state index contributed by atoms with van der Waals surface area (Å²) in [6, 6.07) is 9.11. The second-order valence-electron chi connectivity index (χ2n) is 5.28. The van der Waals surface area contributed by atoms with Crippen LogP contribution in [0, 0.1) is 0 Å². The van der Waals surface area contributed by atoms with Crippen molar-refractivity contribution in [3.8, 4) is 0 Å². The van der Waals surface area contributed by atoms with Crippen molar-refractivity contribution in [2.75, 3.05) is 0 Å². The van der Waals surface area contributed by atoms with Gasteiger partial charge in [-0.05, 0) is 40.2 Å². The summed E-state index contributed by atoms with van der Waals surface area (Å²) in [6.07, 6.45) is -4.74. The first-order valence-electron chi connectivity index (χ1n) is 7.00. The van der Waals surface area contributed by atoms with Crippen LogP contribution in [-0.4, -0.2) is 23.5 Å². The Morgan fingerprint density at radius 3 is 2.35 bits per heavy atom. The molecule has 0 saturated heterocycles. The second kappa shape index (κ2) is 6.13. The summed E-state index contributed by atoms with van der Waals surface area (Å²) >= 11 is 3.07. The van der Waals surface area contributed by atoms with E-state index in [2.05, 4.69) is 15.9 Å². The lowest BCUT2D eigenvalue weighted by Gasteiger charge is -2.12. The van der Waals surface area contributed by atoms with Crippen molar-refractivity contribution in [3.05, 3.63) is 64.3 Å². The molecular formula is C16H9BrF3NO4S. The van der Waals surface area contributed by atoms with Crippen LogP contribution in [0.3, 0.4) is 0 Å². The number of para-hydroxylation sites is 1. The summed E-state index contributed by atoms with van der Waals surface area (Å²) in [7, 11) is -4.60. The van der Waals surface area contributed by atoms with Crippen LogP contribution in [0.1, 0.15) is 16.1 Å². The van der Waals surface area contributed by atoms with Crippen molar-refractivity contribution in [2.24, 2.45) is 0 Å². The molecule has 0 bridgehead atoms. The van der Waals surface area contributed by atoms with Gasteiger partial charge in [-0.3, -0.25) is 0 Å². The molecule has 0 amide bonds. The molecule has 3 aromatic rings. The van der Waals surface area contributed by atoms with Gasteiger partial charge in [0, 0.05) is 5.39 Å². The van der Waals surface area contributed by atoms with Gasteiger partial charge in [-0.25, -0.2) is 17.2 Å². The average molecular weight is 448 g/mol. The van der Waals surface area contributed by atoms with Crippen LogP contribution in [-0.2, 0) is 16.2 Å². The number of hydrogen-bond acceptors (Lipinski definition) is 3. The smallest absolute Gasteiger partial charge is 0.416 e. The minimum atomic E-state index is -4.74. The lowest BCUT2D eigenvalue weighted by atomic mass is 10.2. The zero-order valence-electron chi connectivity index (χ0n) is 12.7. The van der Waals surface area contributed by atoms with Gasteiger partial charge in [0.05, 0.1) is 20.4 Å². The Hall–Kier alpha value is -2.33. The van der Waals surface area contributed by atoms with E-state index in [1.165, 1.54) is 18.2 Å². The maximum atomic E-state index is 13.0. The third kappa shape index (κ3) is 2.88. The Balaban J connectivity index is 2.36. The van der Waals surface area contributed by atoms with Crippen molar-refractivity contribution >= 4 is 42.8 Å². The quantitative estimate of drug-likeness (QED) is 0.646. The molecular weight excluding hydrogens is 439 g/mol. The van der Waals surface area contributed by atoms with Crippen LogP contribution in [0.25, 0.3) is 10.9 Å². The highest BCUT2D eigenvalue weighted by Crippen LogP contribution is 2.35. The fourth-order valence-electron chi connectivity index (χ4n) is 2.54. The summed E-state index contributed by atoms with van der Waals surface area (Å²) in [5.74, 6) is -1.54. The van der Waals surface area contributed by atoms with Crippen molar-refractivity contribution < 1.29 is 31.5 Å². The molecule has 1 heterocycles. The monoisotopic (exact) mass is 447 g/mol. The van der Waals surface area contributed by atoms with E-state index in [1.807, 2.05) is 0 Å². The molecule has 136 valence electrons. The van der Waals surface area contributed by atoms with E-state index in [-0.39, 0.29) is 9.99 Å². The summed E-state index contributed by atoms with van der Waals surface area (Å²) in [6.45, 7) is 0. The number of halogens is 4. The number of aromatic nitrogens is 1. The van der Waals surface area contributed by atoms with Crippen LogP contribution >= 0.6 is 15.9 Å². The molecule has 0 saturated carbocycles. The predicted octanol–water partition coefficient (Wildman–Crippen LogP) is 4.36. The highest BCUT2D eigenvalue weighted by Gasteiger charge is 2.34. The number of carbonyl (C=O) groups is 1. The minimum absolute atomic E-state index is 0.0242. The Bertz CT molecular complexity index is 1140. The SMILES string of the molecule is O=C(O)c1c(Br)c2ccccc2n1S(=O)(=O)c1cccc(C(F)(F)F)c1. The molecule has 3 rings (SSSR count). The van der Waals surface area contributed by atoms with Gasteiger partial charge in [0.2, 0.25) is 0 Å². The molecule has 0 fully saturated rings. The molecule has 2 aromatic carbocycles. The molecule has 1 N–H and O–H groups in total. The second-order valence-corrected chi connectivity index (χ2v) is 7.86. The molecule has 0 aliphatic carbocycles. The molecule has 10 heteroatoms. The number of carboxylic acids is 1. The van der Waals surface area contributed by atoms with Gasteiger partial charge in [0.15, 0.2) is 5.69 Å². The maximum Gasteiger partial charge on any atom is 0.416 e. The van der Waals surface area contributed by atoms with Crippen LogP contribution in [0.15, 0.2) is 57.9 Å². The first kappa shape index (κ1) is 18.5. The van der Waals surface area contributed by atoms with Crippen LogP contribution in [0.5, 0.6) is 0 Å². The first-order chi connectivity index (χ1) is 12.0. The third-order valence-corrected chi connectivity index (χ3v) is 6.18. The van der Waals surface area contributed by atoms with Crippen molar-refractivity contribution in [3.63, 3.8) is 0 Å². The molecule has 1 aromatic heterocycles. The third-order valence-electron chi connectivity index (χ3n) is 3.67. The van der Waals surface area contributed by atoms with Gasteiger partial charge in [-0.1, -0.05) is 24.3 Å². The summed E-state index contributed by atoms with van der Waals surface area (Å²) in [4.78, 5) is 11.0. The predicted molar refractivity (Wildman–Crippen MR) is 90.6 cm³/mol. The number of fused-ring (bicyclic) bond motifs is 1. The standard InChI is InChI=1S/C16H9BrF3NO4S/c17-13-11-6-1-2-7-12(11)21(14(13)15(22)23)26(24,25)10-5-3-4-9(8-10)16(18,19)20/h1-8H,(H,22,23). The van der Waals surface area contributed by atoms with E-state index in [0.717, 1.165) is 18.2 Å². The van der Waals surface area contributed by atoms with Crippen molar-refractivity contribution in [2.45, 2.75) is 11.1 Å². The fraction of sp³-hybridized carbons (Fsp3) is 0.0625. The highest BCUT2D eigenvalue weighted by molar-refractivity contribution is 9.10. The number of rotatable bonds is 3. The number of alkyl halides is 3. The Labute approximate surface area is 153 Å². The van der Waals surface area contributed by atoms with Gasteiger partial charge >= 0.3 is 12.1 Å². The van der Waals surface area contributed by atoms with Crippen LogP contribution in [0.4, 0.5) is 13.2 Å². The Morgan fingerprint density at radius 2 is 1.73 bits per heavy atom. The average Bonchev–Trinajstić information content (AvgIpc) is 2.88. The van der Waals surface area contributed by atoms with Gasteiger partial charge in [-0.15, -0.1) is 0 Å². The summed E-state index contributed by atoms with van der Waals surface area (Å²) in [5, 5.41) is 9.75. The van der Waals surface area contributed by atoms with Crippen LogP contribution < -0.4 is 0 Å². The highest BCUT2D eigenvalue weighted by atomic mass is 79.9. The van der Waals surface area contributed by atoms with Crippen molar-refractivity contribution in [1.29, 1.82) is 0 Å². The van der Waals surface area contributed by atoms with Gasteiger partial charge in [0.1, 0.15) is 0 Å². The Morgan fingerprint density at radius 1 is 1.08 bits per heavy atom.